The van der Waals surface area contributed by atoms with Gasteiger partial charge < -0.3 is 15.2 Å². The van der Waals surface area contributed by atoms with Crippen molar-refractivity contribution < 1.29 is 9.84 Å². The number of ether oxygens (including phenoxy) is 1. The fourth-order valence-corrected chi connectivity index (χ4v) is 2.41. The van der Waals surface area contributed by atoms with Gasteiger partial charge >= 0.3 is 0 Å². The Kier molecular flexibility index (Phi) is 4.11. The molecule has 0 saturated carbocycles. The number of aliphatic hydroxyl groups is 1. The molecule has 2 rings (SSSR count). The van der Waals surface area contributed by atoms with Gasteiger partial charge in [-0.1, -0.05) is 0 Å². The van der Waals surface area contributed by atoms with E-state index in [0.29, 0.717) is 12.4 Å². The van der Waals surface area contributed by atoms with Crippen molar-refractivity contribution in [3.8, 4) is 0 Å². The lowest BCUT2D eigenvalue weighted by Crippen LogP contribution is -2.24. The maximum Gasteiger partial charge on any atom is 0.225 e. The highest BCUT2D eigenvalue weighted by Gasteiger charge is 2.09. The molecule has 7 heteroatoms. The largest absolute Gasteiger partial charge is 0.389 e. The van der Waals surface area contributed by atoms with Gasteiger partial charge in [-0.05, 0) is 23.0 Å². The third kappa shape index (κ3) is 3.04. The highest BCUT2D eigenvalue weighted by Crippen LogP contribution is 2.26. The molecule has 17 heavy (non-hydrogen) atoms. The smallest absolute Gasteiger partial charge is 0.225 e. The Bertz CT molecular complexity index is 505. The van der Waals surface area contributed by atoms with Crippen LogP contribution in [0.3, 0.4) is 0 Å². The molecular formula is C10H12ClN3O2S. The zero-order valence-electron chi connectivity index (χ0n) is 9.18. The summed E-state index contributed by atoms with van der Waals surface area (Å²) in [5, 5.41) is 15.6. The second kappa shape index (κ2) is 5.59. The van der Waals surface area contributed by atoms with Gasteiger partial charge in [0.1, 0.15) is 10.6 Å². The lowest BCUT2D eigenvalue weighted by molar-refractivity contribution is 0.0727. The summed E-state index contributed by atoms with van der Waals surface area (Å²) in [6, 6.07) is 1.92. The van der Waals surface area contributed by atoms with Crippen molar-refractivity contribution in [3.05, 3.63) is 16.7 Å². The fraction of sp³-hybridized carbons (Fsp3) is 0.400. The van der Waals surface area contributed by atoms with Crippen LogP contribution in [0, 0.1) is 0 Å². The maximum atomic E-state index is 9.54. The van der Waals surface area contributed by atoms with Gasteiger partial charge in [0.15, 0.2) is 0 Å². The van der Waals surface area contributed by atoms with Gasteiger partial charge in [0.25, 0.3) is 0 Å². The van der Waals surface area contributed by atoms with E-state index in [1.165, 1.54) is 11.3 Å². The molecule has 0 saturated heterocycles. The van der Waals surface area contributed by atoms with Gasteiger partial charge in [-0.2, -0.15) is 0 Å². The molecule has 0 bridgehead atoms. The quantitative estimate of drug-likeness (QED) is 0.813. The summed E-state index contributed by atoms with van der Waals surface area (Å²) in [6.07, 6.45) is -0.581. The molecule has 2 heterocycles. The SMILES string of the molecule is COCC(O)CNc1nc(Cl)nc2sccc12. The predicted octanol–water partition coefficient (Wildman–Crippen LogP) is 1.76. The molecule has 0 aliphatic carbocycles. The number of nitrogens with one attached hydrogen (secondary N) is 1. The molecule has 2 aromatic rings. The molecule has 0 aliphatic rings. The minimum atomic E-state index is -0.581. The number of aromatic nitrogens is 2. The van der Waals surface area contributed by atoms with Crippen LogP contribution in [0.5, 0.6) is 0 Å². The number of rotatable bonds is 5. The van der Waals surface area contributed by atoms with Gasteiger partial charge in [-0.15, -0.1) is 11.3 Å². The van der Waals surface area contributed by atoms with E-state index in [-0.39, 0.29) is 11.9 Å². The van der Waals surface area contributed by atoms with Crippen LogP contribution in [-0.4, -0.2) is 41.4 Å². The molecule has 1 atom stereocenters. The second-order valence-corrected chi connectivity index (χ2v) is 4.70. The molecule has 0 spiro atoms. The first kappa shape index (κ1) is 12.5. The van der Waals surface area contributed by atoms with Crippen LogP contribution >= 0.6 is 22.9 Å². The summed E-state index contributed by atoms with van der Waals surface area (Å²) in [7, 11) is 1.54. The van der Waals surface area contributed by atoms with E-state index in [1.54, 1.807) is 7.11 Å². The number of thiophene rings is 1. The van der Waals surface area contributed by atoms with Gasteiger partial charge in [-0.25, -0.2) is 9.97 Å². The lowest BCUT2D eigenvalue weighted by Gasteiger charge is -2.11. The van der Waals surface area contributed by atoms with E-state index in [9.17, 15) is 5.11 Å². The monoisotopic (exact) mass is 273 g/mol. The van der Waals surface area contributed by atoms with Crippen LogP contribution in [0.25, 0.3) is 10.2 Å². The molecule has 2 N–H and O–H groups in total. The van der Waals surface area contributed by atoms with Crippen molar-refractivity contribution in [2.75, 3.05) is 25.6 Å². The molecule has 1 unspecified atom stereocenters. The van der Waals surface area contributed by atoms with Crippen molar-refractivity contribution in [2.24, 2.45) is 0 Å². The van der Waals surface area contributed by atoms with Gasteiger partial charge in [0.2, 0.25) is 5.28 Å². The number of hydrogen-bond acceptors (Lipinski definition) is 6. The van der Waals surface area contributed by atoms with Gasteiger partial charge in [-0.3, -0.25) is 0 Å². The van der Waals surface area contributed by atoms with Crippen molar-refractivity contribution in [1.29, 1.82) is 0 Å². The van der Waals surface area contributed by atoms with Crippen LogP contribution in [0.2, 0.25) is 5.28 Å². The molecule has 5 nitrogen and oxygen atoms in total. The number of methoxy groups -OCH3 is 1. The minimum Gasteiger partial charge on any atom is -0.389 e. The zero-order chi connectivity index (χ0) is 12.3. The van der Waals surface area contributed by atoms with Crippen molar-refractivity contribution >= 4 is 39.0 Å². The lowest BCUT2D eigenvalue weighted by atomic mass is 10.3. The minimum absolute atomic E-state index is 0.198. The molecule has 0 aromatic carbocycles. The fourth-order valence-electron chi connectivity index (χ4n) is 1.43. The number of hydrogen-bond donors (Lipinski definition) is 2. The Morgan fingerprint density at radius 1 is 1.59 bits per heavy atom. The van der Waals surface area contributed by atoms with Crippen LogP contribution in [0.15, 0.2) is 11.4 Å². The number of fused-ring (bicyclic) bond motifs is 1. The Labute approximate surface area is 107 Å². The number of aliphatic hydroxyl groups excluding tert-OH is 1. The van der Waals surface area contributed by atoms with Crippen LogP contribution < -0.4 is 5.32 Å². The summed E-state index contributed by atoms with van der Waals surface area (Å²) >= 11 is 7.31. The molecule has 2 aromatic heterocycles. The standard InChI is InChI=1S/C10H12ClN3O2S/c1-16-5-6(15)4-12-8-7-2-3-17-9(7)14-10(11)13-8/h2-3,6,15H,4-5H2,1H3,(H,12,13,14). The van der Waals surface area contributed by atoms with E-state index in [1.807, 2.05) is 11.4 Å². The van der Waals surface area contributed by atoms with Crippen LogP contribution in [-0.2, 0) is 4.74 Å². The Morgan fingerprint density at radius 2 is 2.41 bits per heavy atom. The third-order valence-corrected chi connectivity index (χ3v) is 3.14. The van der Waals surface area contributed by atoms with E-state index in [0.717, 1.165) is 10.2 Å². The van der Waals surface area contributed by atoms with Crippen molar-refractivity contribution in [3.63, 3.8) is 0 Å². The average Bonchev–Trinajstić information content (AvgIpc) is 2.74. The van der Waals surface area contributed by atoms with Crippen molar-refractivity contribution in [2.45, 2.75) is 6.10 Å². The molecule has 0 aliphatic heterocycles. The summed E-state index contributed by atoms with van der Waals surface area (Å²) in [6.45, 7) is 0.630. The first-order valence-electron chi connectivity index (χ1n) is 5.02. The third-order valence-electron chi connectivity index (χ3n) is 2.16. The molecule has 0 fully saturated rings. The van der Waals surface area contributed by atoms with Crippen LogP contribution in [0.1, 0.15) is 0 Å². The molecule has 0 radical (unpaired) electrons. The molecule has 0 amide bonds. The number of nitrogens with zero attached hydrogens (tertiary/aromatic N) is 2. The summed E-state index contributed by atoms with van der Waals surface area (Å²) < 4.78 is 4.84. The second-order valence-electron chi connectivity index (χ2n) is 3.47. The topological polar surface area (TPSA) is 67.3 Å². The Balaban J connectivity index is 2.14. The van der Waals surface area contributed by atoms with Gasteiger partial charge in [0, 0.05) is 13.7 Å². The van der Waals surface area contributed by atoms with Crippen molar-refractivity contribution in [1.82, 2.24) is 9.97 Å². The Hall–Kier alpha value is -0.950. The highest BCUT2D eigenvalue weighted by atomic mass is 35.5. The summed E-state index contributed by atoms with van der Waals surface area (Å²) in [4.78, 5) is 9.04. The average molecular weight is 274 g/mol. The predicted molar refractivity (Wildman–Crippen MR) is 68.8 cm³/mol. The maximum absolute atomic E-state index is 9.54. The highest BCUT2D eigenvalue weighted by molar-refractivity contribution is 7.16. The van der Waals surface area contributed by atoms with E-state index in [4.69, 9.17) is 16.3 Å². The normalized spacial score (nSPS) is 12.9. The Morgan fingerprint density at radius 3 is 3.18 bits per heavy atom. The molecule has 92 valence electrons. The summed E-state index contributed by atoms with van der Waals surface area (Å²) in [5.41, 5.74) is 0. The van der Waals surface area contributed by atoms with Crippen LogP contribution in [0.4, 0.5) is 5.82 Å². The molecular weight excluding hydrogens is 262 g/mol. The first-order chi connectivity index (χ1) is 8.20. The zero-order valence-corrected chi connectivity index (χ0v) is 10.8. The van der Waals surface area contributed by atoms with Gasteiger partial charge in [0.05, 0.1) is 18.1 Å². The van der Waals surface area contributed by atoms with E-state index >= 15 is 0 Å². The number of halogens is 1. The van der Waals surface area contributed by atoms with E-state index in [2.05, 4.69) is 15.3 Å². The first-order valence-corrected chi connectivity index (χ1v) is 6.28. The van der Waals surface area contributed by atoms with E-state index < -0.39 is 6.10 Å². The summed E-state index contributed by atoms with van der Waals surface area (Å²) in [5.74, 6) is 0.636. The number of anilines is 1.